The molecule has 0 aliphatic carbocycles. The molecule has 126 valence electrons. The molecule has 23 heavy (non-hydrogen) atoms. The molecule has 0 bridgehead atoms. The Labute approximate surface area is 144 Å². The van der Waals surface area contributed by atoms with Gasteiger partial charge in [-0.1, -0.05) is 50.2 Å². The molecule has 0 fully saturated rings. The fourth-order valence-electron chi connectivity index (χ4n) is 2.34. The number of aromatic hydroxyl groups is 1. The average Bonchev–Trinajstić information content (AvgIpc) is 2.51. The number of hydrogen-bond donors (Lipinski definition) is 2. The number of nitrogens with two attached hydrogens (primary N) is 1. The minimum Gasteiger partial charge on any atom is -0.507 e. The Morgan fingerprint density at radius 2 is 1.74 bits per heavy atom. The second-order valence-corrected chi connectivity index (χ2v) is 6.07. The van der Waals surface area contributed by atoms with Gasteiger partial charge in [-0.3, -0.25) is 0 Å². The Hall–Kier alpha value is -1.71. The van der Waals surface area contributed by atoms with Crippen molar-refractivity contribution in [2.45, 2.75) is 39.3 Å². The molecule has 0 amide bonds. The van der Waals surface area contributed by atoms with E-state index in [1.54, 1.807) is 6.07 Å². The minimum atomic E-state index is -0.134. The van der Waals surface area contributed by atoms with Crippen molar-refractivity contribution in [1.29, 1.82) is 0 Å². The highest BCUT2D eigenvalue weighted by molar-refractivity contribution is 5.85. The molecule has 0 saturated heterocycles. The van der Waals surface area contributed by atoms with Gasteiger partial charge >= 0.3 is 0 Å². The highest BCUT2D eigenvalue weighted by Gasteiger charge is 2.12. The van der Waals surface area contributed by atoms with Gasteiger partial charge < -0.3 is 15.6 Å². The molecule has 2 aromatic carbocycles. The van der Waals surface area contributed by atoms with Gasteiger partial charge in [0.2, 0.25) is 0 Å². The van der Waals surface area contributed by atoms with Crippen molar-refractivity contribution >= 4 is 12.4 Å². The van der Waals surface area contributed by atoms with Crippen LogP contribution in [0.5, 0.6) is 11.5 Å². The average molecular weight is 336 g/mol. The van der Waals surface area contributed by atoms with Crippen molar-refractivity contribution in [2.24, 2.45) is 11.7 Å². The van der Waals surface area contributed by atoms with Crippen LogP contribution in [0.2, 0.25) is 0 Å². The Bertz CT molecular complexity index is 587. The summed E-state index contributed by atoms with van der Waals surface area (Å²) in [7, 11) is 0. The standard InChI is InChI=1S/C19H25NO2.ClH/c1-14(2)8-11-18(20)17-10-9-16(12-19(17)21)22-13-15-6-4-3-5-7-15;/h3-7,9-10,12,14,18,21H,8,11,13,20H2,1-2H3;1H/t18-;/m0./s1. The third-order valence-corrected chi connectivity index (χ3v) is 3.70. The lowest BCUT2D eigenvalue weighted by Crippen LogP contribution is -2.11. The number of ether oxygens (including phenoxy) is 1. The van der Waals surface area contributed by atoms with Gasteiger partial charge in [-0.05, 0) is 30.4 Å². The summed E-state index contributed by atoms with van der Waals surface area (Å²) in [4.78, 5) is 0. The van der Waals surface area contributed by atoms with E-state index in [-0.39, 0.29) is 24.2 Å². The maximum absolute atomic E-state index is 10.2. The first-order chi connectivity index (χ1) is 10.6. The van der Waals surface area contributed by atoms with Crippen molar-refractivity contribution in [3.8, 4) is 11.5 Å². The van der Waals surface area contributed by atoms with E-state index in [1.165, 1.54) is 0 Å². The second-order valence-electron chi connectivity index (χ2n) is 6.07. The number of benzene rings is 2. The zero-order valence-corrected chi connectivity index (χ0v) is 14.6. The van der Waals surface area contributed by atoms with Crippen LogP contribution in [0.15, 0.2) is 48.5 Å². The SMILES string of the molecule is CC(C)CC[C@H](N)c1ccc(OCc2ccccc2)cc1O.Cl. The van der Waals surface area contributed by atoms with Gasteiger partial charge in [-0.15, -0.1) is 12.4 Å². The molecule has 1 atom stereocenters. The van der Waals surface area contributed by atoms with Gasteiger partial charge in [0.05, 0.1) is 0 Å². The fourth-order valence-corrected chi connectivity index (χ4v) is 2.34. The van der Waals surface area contributed by atoms with Crippen LogP contribution < -0.4 is 10.5 Å². The number of halogens is 1. The van der Waals surface area contributed by atoms with E-state index < -0.39 is 0 Å². The first-order valence-electron chi connectivity index (χ1n) is 7.81. The van der Waals surface area contributed by atoms with E-state index in [9.17, 15) is 5.11 Å². The molecule has 0 aromatic heterocycles. The van der Waals surface area contributed by atoms with Crippen LogP contribution >= 0.6 is 12.4 Å². The minimum absolute atomic E-state index is 0. The summed E-state index contributed by atoms with van der Waals surface area (Å²) < 4.78 is 5.71. The molecular weight excluding hydrogens is 310 g/mol. The topological polar surface area (TPSA) is 55.5 Å². The predicted octanol–water partition coefficient (Wildman–Crippen LogP) is 4.83. The molecule has 0 aliphatic rings. The van der Waals surface area contributed by atoms with Crippen molar-refractivity contribution in [3.05, 3.63) is 59.7 Å². The summed E-state index contributed by atoms with van der Waals surface area (Å²) in [6.07, 6.45) is 1.92. The van der Waals surface area contributed by atoms with Crippen LogP contribution in [0.3, 0.4) is 0 Å². The Balaban J connectivity index is 0.00000264. The monoisotopic (exact) mass is 335 g/mol. The van der Waals surface area contributed by atoms with Crippen molar-refractivity contribution in [3.63, 3.8) is 0 Å². The number of rotatable bonds is 7. The predicted molar refractivity (Wildman–Crippen MR) is 97.1 cm³/mol. The number of phenols is 1. The van der Waals surface area contributed by atoms with E-state index >= 15 is 0 Å². The summed E-state index contributed by atoms with van der Waals surface area (Å²) >= 11 is 0. The van der Waals surface area contributed by atoms with Gasteiger partial charge in [0.1, 0.15) is 18.1 Å². The summed E-state index contributed by atoms with van der Waals surface area (Å²) in [5, 5.41) is 10.2. The Morgan fingerprint density at radius 3 is 2.35 bits per heavy atom. The molecule has 3 N–H and O–H groups in total. The quantitative estimate of drug-likeness (QED) is 0.762. The van der Waals surface area contributed by atoms with E-state index in [0.29, 0.717) is 18.3 Å². The van der Waals surface area contributed by atoms with Crippen molar-refractivity contribution in [1.82, 2.24) is 0 Å². The molecule has 0 spiro atoms. The zero-order chi connectivity index (χ0) is 15.9. The van der Waals surface area contributed by atoms with Gasteiger partial charge in [0.15, 0.2) is 0 Å². The molecule has 0 heterocycles. The maximum atomic E-state index is 10.2. The fraction of sp³-hybridized carbons (Fsp3) is 0.368. The van der Waals surface area contributed by atoms with Crippen molar-refractivity contribution in [2.75, 3.05) is 0 Å². The lowest BCUT2D eigenvalue weighted by molar-refractivity contribution is 0.304. The second kappa shape index (κ2) is 9.43. The van der Waals surface area contributed by atoms with Gasteiger partial charge in [-0.25, -0.2) is 0 Å². The Morgan fingerprint density at radius 1 is 1.04 bits per heavy atom. The van der Waals surface area contributed by atoms with E-state index in [4.69, 9.17) is 10.5 Å². The highest BCUT2D eigenvalue weighted by atomic mass is 35.5. The maximum Gasteiger partial charge on any atom is 0.124 e. The third-order valence-electron chi connectivity index (χ3n) is 3.70. The summed E-state index contributed by atoms with van der Waals surface area (Å²) in [5.74, 6) is 1.48. The van der Waals surface area contributed by atoms with Crippen LogP contribution in [0, 0.1) is 5.92 Å². The molecule has 2 aromatic rings. The van der Waals surface area contributed by atoms with Gasteiger partial charge in [-0.2, -0.15) is 0 Å². The van der Waals surface area contributed by atoms with Crippen molar-refractivity contribution < 1.29 is 9.84 Å². The molecule has 0 aliphatic heterocycles. The molecule has 4 heteroatoms. The zero-order valence-electron chi connectivity index (χ0n) is 13.7. The van der Waals surface area contributed by atoms with Crippen LogP contribution in [0.1, 0.15) is 43.9 Å². The summed E-state index contributed by atoms with van der Waals surface area (Å²) in [5.41, 5.74) is 8.04. The Kier molecular flexibility index (Phi) is 7.93. The van der Waals surface area contributed by atoms with Gasteiger partial charge in [0.25, 0.3) is 0 Å². The summed E-state index contributed by atoms with van der Waals surface area (Å²) in [6.45, 7) is 4.83. The lowest BCUT2D eigenvalue weighted by Gasteiger charge is -2.16. The number of hydrogen-bond acceptors (Lipinski definition) is 3. The highest BCUT2D eigenvalue weighted by Crippen LogP contribution is 2.30. The molecule has 0 unspecified atom stereocenters. The van der Waals surface area contributed by atoms with Crippen LogP contribution in [0.4, 0.5) is 0 Å². The molecule has 2 rings (SSSR count). The first-order valence-corrected chi connectivity index (χ1v) is 7.81. The lowest BCUT2D eigenvalue weighted by atomic mass is 9.97. The molecule has 0 radical (unpaired) electrons. The van der Waals surface area contributed by atoms with Gasteiger partial charge in [0, 0.05) is 17.7 Å². The third kappa shape index (κ3) is 6.12. The largest absolute Gasteiger partial charge is 0.507 e. The normalized spacial score (nSPS) is 11.8. The molecule has 3 nitrogen and oxygen atoms in total. The van der Waals surface area contributed by atoms with Crippen LogP contribution in [0.25, 0.3) is 0 Å². The van der Waals surface area contributed by atoms with Crippen LogP contribution in [-0.4, -0.2) is 5.11 Å². The molecular formula is C19H26ClNO2. The smallest absolute Gasteiger partial charge is 0.124 e. The van der Waals surface area contributed by atoms with Crippen LogP contribution in [-0.2, 0) is 6.61 Å². The van der Waals surface area contributed by atoms with E-state index in [1.807, 2.05) is 42.5 Å². The number of phenolic OH excluding ortho intramolecular Hbond substituents is 1. The first kappa shape index (κ1) is 19.3. The molecule has 0 saturated carbocycles. The van der Waals surface area contributed by atoms with E-state index in [2.05, 4.69) is 13.8 Å². The summed E-state index contributed by atoms with van der Waals surface area (Å²) in [6, 6.07) is 15.2. The van der Waals surface area contributed by atoms with E-state index in [0.717, 1.165) is 24.0 Å².